The maximum atomic E-state index is 10.8. The van der Waals surface area contributed by atoms with E-state index in [1.54, 1.807) is 7.85 Å². The first-order valence-electron chi connectivity index (χ1n) is 3.74. The van der Waals surface area contributed by atoms with Gasteiger partial charge in [-0.2, -0.15) is 0 Å². The van der Waals surface area contributed by atoms with Crippen LogP contribution in [0.15, 0.2) is 18.0 Å². The quantitative estimate of drug-likeness (QED) is 0.535. The van der Waals surface area contributed by atoms with Gasteiger partial charge in [-0.3, -0.25) is 0 Å². The second-order valence-electron chi connectivity index (χ2n) is 2.81. The fourth-order valence-electron chi connectivity index (χ4n) is 1.08. The van der Waals surface area contributed by atoms with Crippen LogP contribution in [0.1, 0.15) is 11.1 Å². The Kier molecular flexibility index (Phi) is 2.64. The predicted molar refractivity (Wildman–Crippen MR) is 49.8 cm³/mol. The number of hydrogen-bond donors (Lipinski definition) is 0. The van der Waals surface area contributed by atoms with Crippen LogP contribution in [0.5, 0.6) is 0 Å². The molecule has 11 heavy (non-hydrogen) atoms. The zero-order chi connectivity index (χ0) is 8.27. The molecule has 0 unspecified atom stereocenters. The van der Waals surface area contributed by atoms with Gasteiger partial charge in [0, 0.05) is 0 Å². The van der Waals surface area contributed by atoms with Crippen LogP contribution in [0.4, 0.5) is 0 Å². The van der Waals surface area contributed by atoms with Crippen molar-refractivity contribution in [1.82, 2.24) is 0 Å². The van der Waals surface area contributed by atoms with Gasteiger partial charge in [0.05, 0.1) is 0 Å². The Morgan fingerprint density at radius 1 is 1.73 bits per heavy atom. The van der Waals surface area contributed by atoms with E-state index in [-0.39, 0.29) is 5.68 Å². The van der Waals surface area contributed by atoms with Gasteiger partial charge in [0.25, 0.3) is 0 Å². The van der Waals surface area contributed by atoms with E-state index in [0.29, 0.717) is 6.42 Å². The van der Waals surface area contributed by atoms with E-state index in [4.69, 9.17) is 0 Å². The molecular weight excluding hydrogens is 134 g/mol. The summed E-state index contributed by atoms with van der Waals surface area (Å²) in [5.41, 5.74) is 2.56. The first-order valence-corrected chi connectivity index (χ1v) is 3.74. The Morgan fingerprint density at radius 2 is 2.45 bits per heavy atom. The standard InChI is InChI=1S/C8H10B2O/c1-6-5-10-3-2-7(6)4-8(9)11/h2-3,5H,4,9H2,1H3. The molecule has 0 bridgehead atoms. The summed E-state index contributed by atoms with van der Waals surface area (Å²) in [6, 6.07) is 2.00. The van der Waals surface area contributed by atoms with Gasteiger partial charge in [-0.15, -0.1) is 0 Å². The number of carbonyl (C=O) groups excluding carboxylic acids is 1. The summed E-state index contributed by atoms with van der Waals surface area (Å²) >= 11 is 0. The second kappa shape index (κ2) is 3.51. The van der Waals surface area contributed by atoms with Crippen molar-refractivity contribution < 1.29 is 4.79 Å². The summed E-state index contributed by atoms with van der Waals surface area (Å²) in [6.07, 6.45) is 0.562. The second-order valence-corrected chi connectivity index (χ2v) is 2.81. The van der Waals surface area contributed by atoms with E-state index < -0.39 is 0 Å². The van der Waals surface area contributed by atoms with E-state index in [2.05, 4.69) is 0 Å². The Morgan fingerprint density at radius 3 is 3.00 bits per heavy atom. The van der Waals surface area contributed by atoms with Crippen molar-refractivity contribution in [2.75, 3.05) is 0 Å². The first kappa shape index (κ1) is 8.25. The van der Waals surface area contributed by atoms with Gasteiger partial charge in [0.2, 0.25) is 0 Å². The summed E-state index contributed by atoms with van der Waals surface area (Å²) in [5, 5.41) is 0. The van der Waals surface area contributed by atoms with Gasteiger partial charge in [-0.25, -0.2) is 0 Å². The van der Waals surface area contributed by atoms with Crippen LogP contribution in [0.25, 0.3) is 0 Å². The number of aryl methyl sites for hydroxylation is 1. The number of rotatable bonds is 2. The molecule has 1 aromatic heterocycles. The van der Waals surface area contributed by atoms with Gasteiger partial charge in [-0.1, -0.05) is 0 Å². The zero-order valence-corrected chi connectivity index (χ0v) is 6.92. The fourth-order valence-corrected chi connectivity index (χ4v) is 1.08. The van der Waals surface area contributed by atoms with Crippen LogP contribution in [-0.4, -0.2) is 20.4 Å². The Labute approximate surface area is 68.4 Å². The molecule has 0 aromatic carbocycles. The van der Waals surface area contributed by atoms with Crippen molar-refractivity contribution in [3.63, 3.8) is 0 Å². The van der Waals surface area contributed by atoms with Crippen LogP contribution in [0, 0.1) is 6.92 Å². The topological polar surface area (TPSA) is 17.1 Å². The summed E-state index contributed by atoms with van der Waals surface area (Å²) in [5.74, 6) is 3.99. The molecule has 0 saturated heterocycles. The van der Waals surface area contributed by atoms with E-state index in [1.807, 2.05) is 31.8 Å². The maximum absolute atomic E-state index is 10.8. The van der Waals surface area contributed by atoms with Crippen molar-refractivity contribution in [2.24, 2.45) is 0 Å². The van der Waals surface area contributed by atoms with Crippen LogP contribution < -0.4 is 0 Å². The summed E-state index contributed by atoms with van der Waals surface area (Å²) in [4.78, 5) is 10.8. The van der Waals surface area contributed by atoms with E-state index in [0.717, 1.165) is 5.56 Å². The molecule has 0 aliphatic carbocycles. The molecule has 0 aliphatic rings. The van der Waals surface area contributed by atoms with Crippen molar-refractivity contribution >= 4 is 20.4 Å². The molecule has 3 heteroatoms. The molecular formula is C8H10B2O. The van der Waals surface area contributed by atoms with Crippen LogP contribution >= 0.6 is 0 Å². The molecule has 1 nitrogen and oxygen atoms in total. The van der Waals surface area contributed by atoms with Crippen LogP contribution in [-0.2, 0) is 11.2 Å². The summed E-state index contributed by atoms with van der Waals surface area (Å²) in [7, 11) is 1.62. The molecule has 0 spiro atoms. The first-order chi connectivity index (χ1) is 5.20. The van der Waals surface area contributed by atoms with Gasteiger partial charge >= 0.3 is 67.7 Å². The SMILES string of the molecule is BC(=O)Cc1ccbcc1C. The molecule has 0 radical (unpaired) electrons. The third-order valence-corrected chi connectivity index (χ3v) is 1.70. The van der Waals surface area contributed by atoms with E-state index in [1.165, 1.54) is 5.56 Å². The average molecular weight is 144 g/mol. The van der Waals surface area contributed by atoms with E-state index >= 15 is 0 Å². The van der Waals surface area contributed by atoms with Crippen molar-refractivity contribution in [3.8, 4) is 0 Å². The molecule has 0 N–H and O–H groups in total. The minimum absolute atomic E-state index is 0.222. The summed E-state index contributed by atoms with van der Waals surface area (Å²) in [6.45, 7) is 4.01. The predicted octanol–water partition coefficient (Wildman–Crippen LogP) is 0.0353. The van der Waals surface area contributed by atoms with Crippen molar-refractivity contribution in [3.05, 3.63) is 29.1 Å². The minimum atomic E-state index is 0.222. The molecule has 0 atom stereocenters. The van der Waals surface area contributed by atoms with Crippen molar-refractivity contribution in [1.29, 1.82) is 0 Å². The molecule has 0 amide bonds. The Hall–Kier alpha value is -0.850. The van der Waals surface area contributed by atoms with Gasteiger partial charge < -0.3 is 0 Å². The molecule has 54 valence electrons. The Bertz CT molecular complexity index is 271. The molecule has 1 heterocycles. The molecule has 1 rings (SSSR count). The zero-order valence-electron chi connectivity index (χ0n) is 6.92. The van der Waals surface area contributed by atoms with Gasteiger partial charge in [0.1, 0.15) is 0 Å². The Balaban J connectivity index is 2.86. The average Bonchev–Trinajstić information content (AvgIpc) is 1.93. The normalized spacial score (nSPS) is 9.18. The monoisotopic (exact) mass is 144 g/mol. The van der Waals surface area contributed by atoms with Gasteiger partial charge in [-0.05, 0) is 0 Å². The van der Waals surface area contributed by atoms with E-state index in [9.17, 15) is 4.79 Å². The van der Waals surface area contributed by atoms with Crippen LogP contribution in [0.2, 0.25) is 0 Å². The number of hydrogen-bond acceptors (Lipinski definition) is 1. The van der Waals surface area contributed by atoms with Gasteiger partial charge in [0.15, 0.2) is 0 Å². The molecule has 0 aliphatic heterocycles. The molecule has 0 fully saturated rings. The van der Waals surface area contributed by atoms with Crippen molar-refractivity contribution in [2.45, 2.75) is 13.3 Å². The molecule has 0 saturated carbocycles. The third kappa shape index (κ3) is 2.34. The summed E-state index contributed by atoms with van der Waals surface area (Å²) < 4.78 is 0. The molecule has 1 aromatic rings. The van der Waals surface area contributed by atoms with Crippen LogP contribution in [0.3, 0.4) is 0 Å². The fraction of sp³-hybridized carbons (Fsp3) is 0.250. The third-order valence-electron chi connectivity index (χ3n) is 1.70. The number of carbonyl (C=O) groups is 1.